The SMILES string of the molecule is CCCCCCCCCCCCCCc1cc(CC)cc(CCCCCCCCCCCCCC)c1. The van der Waals surface area contributed by atoms with Gasteiger partial charge >= 0.3 is 0 Å². The number of aryl methyl sites for hydroxylation is 3. The van der Waals surface area contributed by atoms with E-state index in [0.717, 1.165) is 0 Å². The summed E-state index contributed by atoms with van der Waals surface area (Å²) in [6.07, 6.45) is 38.3. The molecule has 0 aliphatic heterocycles. The van der Waals surface area contributed by atoms with Gasteiger partial charge in [0.2, 0.25) is 0 Å². The van der Waals surface area contributed by atoms with Crippen LogP contribution in [-0.2, 0) is 19.3 Å². The van der Waals surface area contributed by atoms with E-state index in [1.54, 1.807) is 16.7 Å². The number of benzene rings is 1. The van der Waals surface area contributed by atoms with Gasteiger partial charge in [-0.1, -0.05) is 180 Å². The molecule has 0 spiro atoms. The molecule has 0 atom stereocenters. The molecule has 0 bridgehead atoms. The van der Waals surface area contributed by atoms with Gasteiger partial charge in [-0.3, -0.25) is 0 Å². The highest BCUT2D eigenvalue weighted by atomic mass is 14.1. The Bertz CT molecular complexity index is 525. The standard InChI is InChI=1S/C36H66/c1-4-7-9-11-13-15-17-19-21-23-25-27-29-35-31-34(6-3)32-36(33-35)30-28-26-24-22-20-18-16-14-12-10-8-5-2/h31-33H,4-30H2,1-3H3. The summed E-state index contributed by atoms with van der Waals surface area (Å²) in [4.78, 5) is 0. The minimum atomic E-state index is 1.18. The van der Waals surface area contributed by atoms with Gasteiger partial charge in [0.1, 0.15) is 0 Å². The Morgan fingerprint density at radius 1 is 0.306 bits per heavy atom. The van der Waals surface area contributed by atoms with Gasteiger partial charge in [-0.25, -0.2) is 0 Å². The van der Waals surface area contributed by atoms with Crippen LogP contribution in [0.3, 0.4) is 0 Å². The second-order valence-electron chi connectivity index (χ2n) is 11.8. The van der Waals surface area contributed by atoms with Crippen LogP contribution < -0.4 is 0 Å². The van der Waals surface area contributed by atoms with Crippen LogP contribution >= 0.6 is 0 Å². The predicted molar refractivity (Wildman–Crippen MR) is 165 cm³/mol. The molecule has 1 aromatic rings. The normalized spacial score (nSPS) is 11.4. The highest BCUT2D eigenvalue weighted by Crippen LogP contribution is 2.19. The van der Waals surface area contributed by atoms with Crippen molar-refractivity contribution in [3.63, 3.8) is 0 Å². The van der Waals surface area contributed by atoms with Crippen LogP contribution in [0.1, 0.15) is 192 Å². The summed E-state index contributed by atoms with van der Waals surface area (Å²) in [6.45, 7) is 6.93. The van der Waals surface area contributed by atoms with Crippen molar-refractivity contribution in [1.82, 2.24) is 0 Å². The molecule has 0 amide bonds. The molecule has 1 rings (SSSR count). The first-order valence-electron chi connectivity index (χ1n) is 16.9. The lowest BCUT2D eigenvalue weighted by Gasteiger charge is -2.10. The van der Waals surface area contributed by atoms with Crippen molar-refractivity contribution in [1.29, 1.82) is 0 Å². The van der Waals surface area contributed by atoms with Crippen molar-refractivity contribution in [2.24, 2.45) is 0 Å². The molecular weight excluding hydrogens is 432 g/mol. The Hall–Kier alpha value is -0.780. The van der Waals surface area contributed by atoms with E-state index in [0.29, 0.717) is 0 Å². The molecule has 0 heterocycles. The van der Waals surface area contributed by atoms with Crippen LogP contribution in [0, 0.1) is 0 Å². The van der Waals surface area contributed by atoms with Crippen LogP contribution in [0.15, 0.2) is 18.2 Å². The second-order valence-corrected chi connectivity index (χ2v) is 11.8. The highest BCUT2D eigenvalue weighted by molar-refractivity contribution is 5.30. The van der Waals surface area contributed by atoms with E-state index in [2.05, 4.69) is 39.0 Å². The lowest BCUT2D eigenvalue weighted by Crippen LogP contribution is -1.95. The molecule has 36 heavy (non-hydrogen) atoms. The number of hydrogen-bond acceptors (Lipinski definition) is 0. The first-order valence-corrected chi connectivity index (χ1v) is 16.9. The fourth-order valence-electron chi connectivity index (χ4n) is 5.67. The third-order valence-corrected chi connectivity index (χ3v) is 8.16. The molecule has 0 fully saturated rings. The first-order chi connectivity index (χ1) is 17.8. The Morgan fingerprint density at radius 3 is 0.833 bits per heavy atom. The molecule has 0 aromatic heterocycles. The average Bonchev–Trinajstić information content (AvgIpc) is 2.89. The van der Waals surface area contributed by atoms with Crippen molar-refractivity contribution in [3.05, 3.63) is 34.9 Å². The molecule has 0 aliphatic rings. The second kappa shape index (κ2) is 25.9. The van der Waals surface area contributed by atoms with E-state index >= 15 is 0 Å². The molecule has 0 radical (unpaired) electrons. The minimum Gasteiger partial charge on any atom is -0.0654 e. The van der Waals surface area contributed by atoms with Crippen LogP contribution in [0.25, 0.3) is 0 Å². The molecule has 1 aromatic carbocycles. The van der Waals surface area contributed by atoms with Crippen molar-refractivity contribution < 1.29 is 0 Å². The molecule has 0 saturated heterocycles. The maximum atomic E-state index is 2.54. The smallest absolute Gasteiger partial charge is 0.0279 e. The van der Waals surface area contributed by atoms with E-state index in [1.807, 2.05) is 0 Å². The van der Waals surface area contributed by atoms with Crippen LogP contribution in [0.4, 0.5) is 0 Å². The van der Waals surface area contributed by atoms with Crippen molar-refractivity contribution in [2.45, 2.75) is 194 Å². The van der Waals surface area contributed by atoms with E-state index in [1.165, 1.54) is 173 Å². The van der Waals surface area contributed by atoms with Gasteiger partial charge in [-0.2, -0.15) is 0 Å². The summed E-state index contributed by atoms with van der Waals surface area (Å²) in [6, 6.07) is 7.52. The summed E-state index contributed by atoms with van der Waals surface area (Å²) >= 11 is 0. The largest absolute Gasteiger partial charge is 0.0654 e. The van der Waals surface area contributed by atoms with E-state index in [-0.39, 0.29) is 0 Å². The van der Waals surface area contributed by atoms with Crippen molar-refractivity contribution >= 4 is 0 Å². The fraction of sp³-hybridized carbons (Fsp3) is 0.833. The predicted octanol–water partition coefficient (Wildman–Crippen LogP) is 12.7. The summed E-state index contributed by atoms with van der Waals surface area (Å²) < 4.78 is 0. The highest BCUT2D eigenvalue weighted by Gasteiger charge is 2.02. The fourth-order valence-corrected chi connectivity index (χ4v) is 5.67. The van der Waals surface area contributed by atoms with Gasteiger partial charge in [0, 0.05) is 0 Å². The molecule has 0 nitrogen and oxygen atoms in total. The number of unbranched alkanes of at least 4 members (excludes halogenated alkanes) is 22. The topological polar surface area (TPSA) is 0 Å². The minimum absolute atomic E-state index is 1.18. The van der Waals surface area contributed by atoms with Crippen molar-refractivity contribution in [3.8, 4) is 0 Å². The maximum Gasteiger partial charge on any atom is -0.0279 e. The lowest BCUT2D eigenvalue weighted by molar-refractivity contribution is 0.543. The Balaban J connectivity index is 2.06. The monoisotopic (exact) mass is 499 g/mol. The summed E-state index contributed by atoms with van der Waals surface area (Å²) in [5.41, 5.74) is 4.77. The Kier molecular flexibility index (Phi) is 23.9. The third-order valence-electron chi connectivity index (χ3n) is 8.16. The van der Waals surface area contributed by atoms with E-state index in [9.17, 15) is 0 Å². The van der Waals surface area contributed by atoms with Gasteiger partial charge in [0.15, 0.2) is 0 Å². The van der Waals surface area contributed by atoms with Gasteiger partial charge in [0.05, 0.1) is 0 Å². The first kappa shape index (κ1) is 33.2. The Morgan fingerprint density at radius 2 is 0.556 bits per heavy atom. The van der Waals surface area contributed by atoms with Crippen molar-refractivity contribution in [2.75, 3.05) is 0 Å². The third kappa shape index (κ3) is 20.3. The van der Waals surface area contributed by atoms with E-state index in [4.69, 9.17) is 0 Å². The molecule has 0 heteroatoms. The van der Waals surface area contributed by atoms with Crippen LogP contribution in [0.2, 0.25) is 0 Å². The Labute approximate surface area is 228 Å². The van der Waals surface area contributed by atoms with Gasteiger partial charge in [0.25, 0.3) is 0 Å². The molecule has 0 unspecified atom stereocenters. The average molecular weight is 499 g/mol. The summed E-state index contributed by atoms with van der Waals surface area (Å²) in [5.74, 6) is 0. The molecule has 0 aliphatic carbocycles. The molecule has 0 N–H and O–H groups in total. The quantitative estimate of drug-likeness (QED) is 0.106. The zero-order valence-electron chi connectivity index (χ0n) is 25.3. The van der Waals surface area contributed by atoms with E-state index < -0.39 is 0 Å². The maximum absolute atomic E-state index is 2.54. The lowest BCUT2D eigenvalue weighted by atomic mass is 9.96. The summed E-state index contributed by atoms with van der Waals surface area (Å²) in [7, 11) is 0. The zero-order valence-corrected chi connectivity index (χ0v) is 25.3. The van der Waals surface area contributed by atoms with Crippen LogP contribution in [0.5, 0.6) is 0 Å². The molecular formula is C36H66. The number of hydrogen-bond donors (Lipinski definition) is 0. The summed E-state index contributed by atoms with van der Waals surface area (Å²) in [5, 5.41) is 0. The van der Waals surface area contributed by atoms with Gasteiger partial charge in [-0.05, 0) is 48.8 Å². The molecule has 210 valence electrons. The molecule has 0 saturated carbocycles. The van der Waals surface area contributed by atoms with Crippen LogP contribution in [-0.4, -0.2) is 0 Å². The van der Waals surface area contributed by atoms with Gasteiger partial charge in [-0.15, -0.1) is 0 Å². The zero-order chi connectivity index (χ0) is 25.9. The number of rotatable bonds is 27. The van der Waals surface area contributed by atoms with Gasteiger partial charge < -0.3 is 0 Å².